The van der Waals surface area contributed by atoms with Crippen LogP contribution in [0.15, 0.2) is 6.20 Å². The summed E-state index contributed by atoms with van der Waals surface area (Å²) in [7, 11) is 1.38. The molecule has 0 aliphatic rings. The molecule has 1 rings (SSSR count). The number of hydrogen-bond donors (Lipinski definition) is 1. The molecule has 0 fully saturated rings. The van der Waals surface area contributed by atoms with E-state index in [1.54, 1.807) is 6.92 Å². The second-order valence-electron chi connectivity index (χ2n) is 2.90. The minimum atomic E-state index is -0.600. The van der Waals surface area contributed by atoms with Crippen LogP contribution in [0, 0.1) is 0 Å². The van der Waals surface area contributed by atoms with E-state index < -0.39 is 11.9 Å². The van der Waals surface area contributed by atoms with E-state index >= 15 is 0 Å². The highest BCUT2D eigenvalue weighted by Gasteiger charge is 2.19. The third-order valence-corrected chi connectivity index (χ3v) is 1.81. The molecule has 7 nitrogen and oxygen atoms in total. The van der Waals surface area contributed by atoms with Crippen molar-refractivity contribution in [2.24, 2.45) is 0 Å². The summed E-state index contributed by atoms with van der Waals surface area (Å²) in [5.41, 5.74) is 5.66. The smallest absolute Gasteiger partial charge is 0.343 e. The number of esters is 1. The molecule has 1 aromatic rings. The van der Waals surface area contributed by atoms with Crippen molar-refractivity contribution in [3.8, 4) is 0 Å². The maximum absolute atomic E-state index is 11.4. The first-order valence-corrected chi connectivity index (χ1v) is 4.64. The predicted octanol–water partition coefficient (Wildman–Crippen LogP) is -0.0714. The van der Waals surface area contributed by atoms with E-state index in [9.17, 15) is 9.59 Å². The molecule has 0 amide bonds. The lowest BCUT2D eigenvalue weighted by Gasteiger charge is -2.03. The molecule has 16 heavy (non-hydrogen) atoms. The molecule has 0 saturated carbocycles. The van der Waals surface area contributed by atoms with Crippen LogP contribution in [0.1, 0.15) is 22.1 Å². The van der Waals surface area contributed by atoms with Gasteiger partial charge in [-0.1, -0.05) is 0 Å². The maximum Gasteiger partial charge on any atom is 0.343 e. The van der Waals surface area contributed by atoms with E-state index in [-0.39, 0.29) is 24.6 Å². The van der Waals surface area contributed by atoms with E-state index in [2.05, 4.69) is 9.84 Å². The van der Waals surface area contributed by atoms with E-state index in [4.69, 9.17) is 10.5 Å². The number of methoxy groups -OCH3 is 1. The first kappa shape index (κ1) is 12.2. The summed E-state index contributed by atoms with van der Waals surface area (Å²) in [4.78, 5) is 22.8. The van der Waals surface area contributed by atoms with Crippen LogP contribution in [0.5, 0.6) is 0 Å². The van der Waals surface area contributed by atoms with Gasteiger partial charge in [0.15, 0.2) is 0 Å². The number of aromatic nitrogens is 2. The standard InChI is InChI=1S/C9H13N3O4/c1-3-16-9(14)6-4-11-12(8(6)10)7(13)5-15-2/h4H,3,5,10H2,1-2H3. The molecule has 2 N–H and O–H groups in total. The van der Waals surface area contributed by atoms with Crippen LogP contribution >= 0.6 is 0 Å². The summed E-state index contributed by atoms with van der Waals surface area (Å²) in [6.45, 7) is 1.75. The monoisotopic (exact) mass is 227 g/mol. The third-order valence-electron chi connectivity index (χ3n) is 1.81. The van der Waals surface area contributed by atoms with E-state index in [1.807, 2.05) is 0 Å². The van der Waals surface area contributed by atoms with Gasteiger partial charge >= 0.3 is 5.97 Å². The minimum Gasteiger partial charge on any atom is -0.462 e. The summed E-state index contributed by atoms with van der Waals surface area (Å²) >= 11 is 0. The quantitative estimate of drug-likeness (QED) is 0.723. The largest absolute Gasteiger partial charge is 0.462 e. The zero-order chi connectivity index (χ0) is 12.1. The van der Waals surface area contributed by atoms with Crippen LogP contribution in [0.3, 0.4) is 0 Å². The molecule has 0 spiro atoms. The molecule has 88 valence electrons. The molecule has 0 atom stereocenters. The van der Waals surface area contributed by atoms with Crippen molar-refractivity contribution in [1.29, 1.82) is 0 Å². The molecule has 0 radical (unpaired) electrons. The van der Waals surface area contributed by atoms with Gasteiger partial charge in [-0.05, 0) is 6.92 Å². The lowest BCUT2D eigenvalue weighted by Crippen LogP contribution is -2.20. The van der Waals surface area contributed by atoms with Gasteiger partial charge in [-0.2, -0.15) is 9.78 Å². The minimum absolute atomic E-state index is 0.0412. The summed E-state index contributed by atoms with van der Waals surface area (Å²) in [6.07, 6.45) is 1.20. The summed E-state index contributed by atoms with van der Waals surface area (Å²) in [6, 6.07) is 0. The number of nitrogens with two attached hydrogens (primary N) is 1. The Morgan fingerprint density at radius 3 is 2.81 bits per heavy atom. The Hall–Kier alpha value is -1.89. The van der Waals surface area contributed by atoms with Gasteiger partial charge in [0.25, 0.3) is 5.91 Å². The number of nitrogens with zero attached hydrogens (tertiary/aromatic N) is 2. The van der Waals surface area contributed by atoms with Gasteiger partial charge in [-0.15, -0.1) is 0 Å². The summed E-state index contributed by atoms with van der Waals surface area (Å²) in [5.74, 6) is -1.09. The molecule has 0 saturated heterocycles. The average molecular weight is 227 g/mol. The topological polar surface area (TPSA) is 96.4 Å². The van der Waals surface area contributed by atoms with Gasteiger partial charge in [0, 0.05) is 7.11 Å². The van der Waals surface area contributed by atoms with Crippen molar-refractivity contribution >= 4 is 17.7 Å². The Labute approximate surface area is 92.1 Å². The Kier molecular flexibility index (Phi) is 4.01. The van der Waals surface area contributed by atoms with Crippen molar-refractivity contribution in [1.82, 2.24) is 9.78 Å². The molecule has 1 heterocycles. The van der Waals surface area contributed by atoms with Gasteiger partial charge in [-0.25, -0.2) is 4.79 Å². The van der Waals surface area contributed by atoms with Crippen molar-refractivity contribution < 1.29 is 19.1 Å². The van der Waals surface area contributed by atoms with Crippen molar-refractivity contribution in [3.63, 3.8) is 0 Å². The van der Waals surface area contributed by atoms with Crippen molar-refractivity contribution in [2.75, 3.05) is 26.1 Å². The highest BCUT2D eigenvalue weighted by molar-refractivity contribution is 5.96. The number of rotatable bonds is 4. The number of carbonyl (C=O) groups excluding carboxylic acids is 2. The van der Waals surface area contributed by atoms with Crippen LogP contribution in [0.2, 0.25) is 0 Å². The second-order valence-corrected chi connectivity index (χ2v) is 2.90. The van der Waals surface area contributed by atoms with Crippen LogP contribution < -0.4 is 5.73 Å². The number of anilines is 1. The van der Waals surface area contributed by atoms with Crippen molar-refractivity contribution in [3.05, 3.63) is 11.8 Å². The van der Waals surface area contributed by atoms with E-state index in [1.165, 1.54) is 13.3 Å². The molecule has 7 heteroatoms. The predicted molar refractivity (Wildman–Crippen MR) is 55.1 cm³/mol. The van der Waals surface area contributed by atoms with Crippen LogP contribution in [-0.2, 0) is 9.47 Å². The Morgan fingerprint density at radius 1 is 1.56 bits per heavy atom. The number of nitrogen functional groups attached to an aromatic ring is 1. The molecule has 0 aliphatic heterocycles. The van der Waals surface area contributed by atoms with Gasteiger partial charge in [0.05, 0.1) is 12.8 Å². The Balaban J connectivity index is 2.92. The molecule has 0 aromatic carbocycles. The Bertz CT molecular complexity index is 364. The van der Waals surface area contributed by atoms with Crippen molar-refractivity contribution in [2.45, 2.75) is 6.92 Å². The van der Waals surface area contributed by atoms with Gasteiger partial charge in [-0.3, -0.25) is 4.79 Å². The SMILES string of the molecule is CCOC(=O)c1cnn(C(=O)COC)c1N. The average Bonchev–Trinajstić information content (AvgIpc) is 2.61. The second kappa shape index (κ2) is 5.26. The first-order valence-electron chi connectivity index (χ1n) is 4.64. The van der Waals surface area contributed by atoms with Gasteiger partial charge < -0.3 is 15.2 Å². The molecular weight excluding hydrogens is 214 g/mol. The lowest BCUT2D eigenvalue weighted by atomic mass is 10.3. The molecule has 1 aromatic heterocycles. The number of ether oxygens (including phenoxy) is 2. The van der Waals surface area contributed by atoms with E-state index in [0.29, 0.717) is 0 Å². The zero-order valence-electron chi connectivity index (χ0n) is 9.10. The van der Waals surface area contributed by atoms with E-state index in [0.717, 1.165) is 4.68 Å². The summed E-state index contributed by atoms with van der Waals surface area (Å²) in [5, 5.41) is 3.70. The fourth-order valence-electron chi connectivity index (χ4n) is 1.11. The third kappa shape index (κ3) is 2.37. The number of hydrogen-bond acceptors (Lipinski definition) is 6. The van der Waals surface area contributed by atoms with Gasteiger partial charge in [0.1, 0.15) is 18.0 Å². The molecular formula is C9H13N3O4. The molecule has 0 unspecified atom stereocenters. The molecule has 0 aliphatic carbocycles. The van der Waals surface area contributed by atoms with Crippen LogP contribution in [0.4, 0.5) is 5.82 Å². The lowest BCUT2D eigenvalue weighted by molar-refractivity contribution is 0.0527. The number of carbonyl (C=O) groups is 2. The highest BCUT2D eigenvalue weighted by Crippen LogP contribution is 2.12. The molecule has 0 bridgehead atoms. The maximum atomic E-state index is 11.4. The zero-order valence-corrected chi connectivity index (χ0v) is 9.10. The van der Waals surface area contributed by atoms with Crippen LogP contribution in [0.25, 0.3) is 0 Å². The first-order chi connectivity index (χ1) is 7.61. The fraction of sp³-hybridized carbons (Fsp3) is 0.444. The highest BCUT2D eigenvalue weighted by atomic mass is 16.5. The summed E-state index contributed by atoms with van der Waals surface area (Å²) < 4.78 is 10.3. The van der Waals surface area contributed by atoms with Crippen LogP contribution in [-0.4, -0.2) is 42.0 Å². The normalized spacial score (nSPS) is 10.1. The fourth-order valence-corrected chi connectivity index (χ4v) is 1.11. The van der Waals surface area contributed by atoms with Gasteiger partial charge in [0.2, 0.25) is 0 Å². The Morgan fingerprint density at radius 2 is 2.25 bits per heavy atom.